The molecule has 6 nitrogen and oxygen atoms in total. The van der Waals surface area contributed by atoms with E-state index in [9.17, 15) is 14.4 Å². The minimum atomic E-state index is -0.834. The van der Waals surface area contributed by atoms with Crippen molar-refractivity contribution in [3.8, 4) is 0 Å². The van der Waals surface area contributed by atoms with Gasteiger partial charge in [-0.3, -0.25) is 14.5 Å². The van der Waals surface area contributed by atoms with Crippen LogP contribution in [0.1, 0.15) is 63.3 Å². The number of nitrogens with zero attached hydrogens (tertiary/aromatic N) is 2. The van der Waals surface area contributed by atoms with Gasteiger partial charge in [-0.05, 0) is 37.1 Å². The van der Waals surface area contributed by atoms with E-state index in [1.54, 1.807) is 11.3 Å². The third-order valence-corrected chi connectivity index (χ3v) is 6.31. The first kappa shape index (κ1) is 18.9. The highest BCUT2D eigenvalue weighted by molar-refractivity contribution is 7.10. The fourth-order valence-corrected chi connectivity index (χ4v) is 5.08. The summed E-state index contributed by atoms with van der Waals surface area (Å²) in [5.41, 5.74) is -0.834. The second-order valence-corrected chi connectivity index (χ2v) is 8.14. The summed E-state index contributed by atoms with van der Waals surface area (Å²) in [4.78, 5) is 42.4. The van der Waals surface area contributed by atoms with Crippen LogP contribution in [0.15, 0.2) is 17.5 Å². The van der Waals surface area contributed by atoms with Crippen molar-refractivity contribution in [2.45, 2.75) is 64.0 Å². The van der Waals surface area contributed by atoms with Crippen molar-refractivity contribution in [3.05, 3.63) is 22.4 Å². The lowest BCUT2D eigenvalue weighted by Crippen LogP contribution is -2.47. The van der Waals surface area contributed by atoms with Crippen LogP contribution >= 0.6 is 11.3 Å². The summed E-state index contributed by atoms with van der Waals surface area (Å²) in [6, 6.07) is 3.67. The van der Waals surface area contributed by atoms with E-state index in [4.69, 9.17) is 0 Å². The average Bonchev–Trinajstić information content (AvgIpc) is 3.32. The van der Waals surface area contributed by atoms with Crippen molar-refractivity contribution >= 4 is 29.2 Å². The molecule has 3 rings (SSSR count). The van der Waals surface area contributed by atoms with Crippen LogP contribution in [0.25, 0.3) is 0 Å². The van der Waals surface area contributed by atoms with E-state index in [0.717, 1.165) is 30.6 Å². The summed E-state index contributed by atoms with van der Waals surface area (Å²) >= 11 is 1.64. The van der Waals surface area contributed by atoms with Crippen LogP contribution in [0.4, 0.5) is 4.79 Å². The normalized spacial score (nSPS) is 22.2. The largest absolute Gasteiger partial charge is 0.333 e. The van der Waals surface area contributed by atoms with Gasteiger partial charge in [-0.25, -0.2) is 4.79 Å². The van der Waals surface area contributed by atoms with Crippen molar-refractivity contribution in [1.82, 2.24) is 15.1 Å². The molecular weight excluding hydrogens is 350 g/mol. The Morgan fingerprint density at radius 3 is 2.65 bits per heavy atom. The molecule has 26 heavy (non-hydrogen) atoms. The van der Waals surface area contributed by atoms with Gasteiger partial charge in [0.1, 0.15) is 12.1 Å². The highest BCUT2D eigenvalue weighted by Gasteiger charge is 2.50. The Labute approximate surface area is 158 Å². The first-order valence-electron chi connectivity index (χ1n) is 9.49. The van der Waals surface area contributed by atoms with E-state index in [2.05, 4.69) is 5.32 Å². The Morgan fingerprint density at radius 2 is 2.04 bits per heavy atom. The molecule has 1 aromatic rings. The van der Waals surface area contributed by atoms with Crippen LogP contribution in [0, 0.1) is 0 Å². The lowest BCUT2D eigenvalue weighted by molar-refractivity contribution is -0.139. The molecule has 0 saturated carbocycles. The number of nitrogens with one attached hydrogen (secondary N) is 1. The Bertz CT molecular complexity index is 668. The van der Waals surface area contributed by atoms with Crippen molar-refractivity contribution in [2.75, 3.05) is 13.1 Å². The predicted molar refractivity (Wildman–Crippen MR) is 101 cm³/mol. The Hall–Kier alpha value is -1.89. The van der Waals surface area contributed by atoms with Gasteiger partial charge in [0.05, 0.1) is 6.04 Å². The molecule has 7 heteroatoms. The minimum Gasteiger partial charge on any atom is -0.333 e. The zero-order valence-corrected chi connectivity index (χ0v) is 16.3. The Kier molecular flexibility index (Phi) is 5.65. The number of urea groups is 1. The molecule has 0 aliphatic carbocycles. The number of thiophene rings is 1. The fraction of sp³-hybridized carbons (Fsp3) is 0.632. The minimum absolute atomic E-state index is 0.0688. The molecule has 2 aliphatic rings. The van der Waals surface area contributed by atoms with Crippen molar-refractivity contribution in [1.29, 1.82) is 0 Å². The van der Waals surface area contributed by atoms with Gasteiger partial charge in [-0.1, -0.05) is 32.8 Å². The first-order valence-corrected chi connectivity index (χ1v) is 10.4. The molecule has 142 valence electrons. The molecule has 0 bridgehead atoms. The van der Waals surface area contributed by atoms with E-state index in [1.165, 1.54) is 4.88 Å². The maximum atomic E-state index is 13.0. The molecule has 0 radical (unpaired) electrons. The molecule has 2 aliphatic heterocycles. The van der Waals surface area contributed by atoms with Crippen molar-refractivity contribution in [3.63, 3.8) is 0 Å². The molecule has 3 heterocycles. The van der Waals surface area contributed by atoms with Crippen LogP contribution in [-0.2, 0) is 9.59 Å². The molecule has 1 atom stereocenters. The summed E-state index contributed by atoms with van der Waals surface area (Å²) in [5, 5.41) is 4.88. The molecule has 1 aromatic heterocycles. The quantitative estimate of drug-likeness (QED) is 0.741. The summed E-state index contributed by atoms with van der Waals surface area (Å²) < 4.78 is 0. The van der Waals surface area contributed by atoms with Gasteiger partial charge >= 0.3 is 6.03 Å². The van der Waals surface area contributed by atoms with Crippen LogP contribution in [0.5, 0.6) is 0 Å². The number of rotatable bonds is 7. The molecular formula is C19H27N3O3S. The van der Waals surface area contributed by atoms with E-state index < -0.39 is 11.6 Å². The maximum absolute atomic E-state index is 13.0. The smallest absolute Gasteiger partial charge is 0.325 e. The Morgan fingerprint density at radius 1 is 1.31 bits per heavy atom. The third-order valence-electron chi connectivity index (χ3n) is 5.34. The average molecular weight is 378 g/mol. The lowest BCUT2D eigenvalue weighted by Gasteiger charge is -2.27. The predicted octanol–water partition coefficient (Wildman–Crippen LogP) is 3.30. The topological polar surface area (TPSA) is 69.7 Å². The summed E-state index contributed by atoms with van der Waals surface area (Å²) in [6.45, 7) is 4.52. The number of carbonyl (C=O) groups is 3. The van der Waals surface area contributed by atoms with E-state index in [1.807, 2.05) is 36.3 Å². The number of likely N-dealkylation sites (tertiary alicyclic amines) is 1. The highest BCUT2D eigenvalue weighted by Crippen LogP contribution is 2.35. The monoisotopic (exact) mass is 377 g/mol. The molecule has 0 spiro atoms. The number of amides is 4. The zero-order valence-electron chi connectivity index (χ0n) is 15.5. The second kappa shape index (κ2) is 7.78. The number of carbonyl (C=O) groups excluding carboxylic acids is 3. The van der Waals surface area contributed by atoms with E-state index >= 15 is 0 Å². The van der Waals surface area contributed by atoms with Gasteiger partial charge in [0.2, 0.25) is 5.91 Å². The number of hydrogen-bond acceptors (Lipinski definition) is 4. The van der Waals surface area contributed by atoms with Crippen LogP contribution in [-0.4, -0.2) is 46.3 Å². The van der Waals surface area contributed by atoms with Gasteiger partial charge in [0, 0.05) is 11.4 Å². The lowest BCUT2D eigenvalue weighted by atomic mass is 9.88. The number of hydrogen-bond donors (Lipinski definition) is 1. The standard InChI is InChI=1S/C19H27N3O3S/c1-3-9-19(10-4-2)17(24)22(18(25)20-19)13-16(23)21-11-5-7-14(21)15-8-6-12-26-15/h6,8,12,14H,3-5,7,9-11,13H2,1-2H3,(H,20,25). The Balaban J connectivity index is 1.72. The van der Waals surface area contributed by atoms with Gasteiger partial charge in [-0.15, -0.1) is 11.3 Å². The molecule has 2 fully saturated rings. The molecule has 1 N–H and O–H groups in total. The first-order chi connectivity index (χ1) is 12.5. The fourth-order valence-electron chi connectivity index (χ4n) is 4.21. The molecule has 2 saturated heterocycles. The third kappa shape index (κ3) is 3.37. The number of imide groups is 1. The molecule has 1 unspecified atom stereocenters. The molecule has 0 aromatic carbocycles. The van der Waals surface area contributed by atoms with Gasteiger partial charge in [-0.2, -0.15) is 0 Å². The maximum Gasteiger partial charge on any atom is 0.325 e. The van der Waals surface area contributed by atoms with Crippen LogP contribution in [0.3, 0.4) is 0 Å². The molecule has 4 amide bonds. The summed E-state index contributed by atoms with van der Waals surface area (Å²) in [6.07, 6.45) is 4.71. The van der Waals surface area contributed by atoms with Crippen LogP contribution in [0.2, 0.25) is 0 Å². The van der Waals surface area contributed by atoms with E-state index in [0.29, 0.717) is 19.4 Å². The van der Waals surface area contributed by atoms with Gasteiger partial charge in [0.25, 0.3) is 5.91 Å². The summed E-state index contributed by atoms with van der Waals surface area (Å²) in [7, 11) is 0. The van der Waals surface area contributed by atoms with Crippen molar-refractivity contribution in [2.24, 2.45) is 0 Å². The highest BCUT2D eigenvalue weighted by atomic mass is 32.1. The second-order valence-electron chi connectivity index (χ2n) is 7.16. The van der Waals surface area contributed by atoms with Gasteiger partial charge in [0.15, 0.2) is 0 Å². The summed E-state index contributed by atoms with van der Waals surface area (Å²) in [5.74, 6) is -0.389. The van der Waals surface area contributed by atoms with Crippen molar-refractivity contribution < 1.29 is 14.4 Å². The zero-order chi connectivity index (χ0) is 18.7. The van der Waals surface area contributed by atoms with Crippen LogP contribution < -0.4 is 5.32 Å². The SMILES string of the molecule is CCCC1(CCC)NC(=O)N(CC(=O)N2CCCC2c2cccs2)C1=O. The van der Waals surface area contributed by atoms with Gasteiger partial charge < -0.3 is 10.2 Å². The van der Waals surface area contributed by atoms with E-state index in [-0.39, 0.29) is 24.4 Å².